The molecule has 0 bridgehead atoms. The first kappa shape index (κ1) is 38.0. The molecular formula is C49H42N2O4. The van der Waals surface area contributed by atoms with Crippen molar-refractivity contribution in [2.75, 3.05) is 0 Å². The maximum absolute atomic E-state index is 12.7. The van der Waals surface area contributed by atoms with Crippen LogP contribution in [0.25, 0.3) is 22.3 Å². The molecule has 0 saturated heterocycles. The van der Waals surface area contributed by atoms with Crippen LogP contribution in [0.15, 0.2) is 146 Å². The first-order valence-corrected chi connectivity index (χ1v) is 18.8. The van der Waals surface area contributed by atoms with E-state index in [1.807, 2.05) is 97.1 Å². The van der Waals surface area contributed by atoms with Crippen LogP contribution in [0.4, 0.5) is 0 Å². The van der Waals surface area contributed by atoms with Gasteiger partial charge in [-0.1, -0.05) is 105 Å². The zero-order valence-electron chi connectivity index (χ0n) is 30.7. The molecule has 55 heavy (non-hydrogen) atoms. The van der Waals surface area contributed by atoms with Gasteiger partial charge in [0.2, 0.25) is 0 Å². The van der Waals surface area contributed by atoms with Gasteiger partial charge in [-0.05, 0) is 132 Å². The van der Waals surface area contributed by atoms with Gasteiger partial charge in [-0.3, -0.25) is 0 Å². The lowest BCUT2D eigenvalue weighted by Gasteiger charge is -2.08. The molecule has 6 nitrogen and oxygen atoms in total. The van der Waals surface area contributed by atoms with Crippen LogP contribution >= 0.6 is 0 Å². The van der Waals surface area contributed by atoms with E-state index >= 15 is 0 Å². The van der Waals surface area contributed by atoms with Gasteiger partial charge in [0.05, 0.1) is 34.4 Å². The molecule has 0 N–H and O–H groups in total. The van der Waals surface area contributed by atoms with Gasteiger partial charge in [0.1, 0.15) is 11.5 Å². The van der Waals surface area contributed by atoms with Gasteiger partial charge in [0.25, 0.3) is 0 Å². The molecule has 6 rings (SSSR count). The molecule has 0 aromatic heterocycles. The highest BCUT2D eigenvalue weighted by atomic mass is 16.5. The summed E-state index contributed by atoms with van der Waals surface area (Å²) in [5.74, 6) is 0.279. The SMILES string of the molecule is N#Cc1ccc(-c2ccc(C(=O)Oc3ccc(CCCCCCCCCc4ccc(OC(=O)c5ccc(-c6ccc(C#N)cc6)cc5)cc4)cc3)cc2)cc1. The summed E-state index contributed by atoms with van der Waals surface area (Å²) in [5, 5.41) is 18.0. The summed E-state index contributed by atoms with van der Waals surface area (Å²) in [6, 6.07) is 49.1. The Kier molecular flexibility index (Phi) is 13.4. The Morgan fingerprint density at radius 3 is 0.982 bits per heavy atom. The highest BCUT2D eigenvalue weighted by Crippen LogP contribution is 2.24. The molecule has 0 radical (unpaired) electrons. The Hall–Kier alpha value is -6.76. The van der Waals surface area contributed by atoms with Gasteiger partial charge in [-0.25, -0.2) is 9.59 Å². The zero-order chi connectivity index (χ0) is 38.2. The van der Waals surface area contributed by atoms with Crippen LogP contribution in [-0.2, 0) is 12.8 Å². The second-order valence-electron chi connectivity index (χ2n) is 13.6. The Morgan fingerprint density at radius 2 is 0.673 bits per heavy atom. The van der Waals surface area contributed by atoms with Crippen molar-refractivity contribution in [1.29, 1.82) is 10.5 Å². The van der Waals surface area contributed by atoms with E-state index in [1.165, 1.54) is 43.2 Å². The number of benzene rings is 6. The van der Waals surface area contributed by atoms with Crippen molar-refractivity contribution in [3.05, 3.63) is 179 Å². The van der Waals surface area contributed by atoms with Crippen molar-refractivity contribution in [1.82, 2.24) is 0 Å². The normalized spacial score (nSPS) is 10.6. The number of rotatable bonds is 16. The second kappa shape index (κ2) is 19.4. The van der Waals surface area contributed by atoms with Gasteiger partial charge in [0, 0.05) is 0 Å². The number of ether oxygens (including phenoxy) is 2. The third-order valence-corrected chi connectivity index (χ3v) is 9.63. The smallest absolute Gasteiger partial charge is 0.343 e. The molecule has 272 valence electrons. The van der Waals surface area contributed by atoms with Gasteiger partial charge in [-0.15, -0.1) is 0 Å². The molecule has 0 atom stereocenters. The van der Waals surface area contributed by atoms with Crippen molar-refractivity contribution in [3.8, 4) is 45.9 Å². The number of carbonyl (C=O) groups excluding carboxylic acids is 2. The fourth-order valence-corrected chi connectivity index (χ4v) is 6.39. The minimum Gasteiger partial charge on any atom is -0.423 e. The topological polar surface area (TPSA) is 100 Å². The number of esters is 2. The van der Waals surface area contributed by atoms with Crippen molar-refractivity contribution < 1.29 is 19.1 Å². The lowest BCUT2D eigenvalue weighted by molar-refractivity contribution is 0.0725. The molecule has 6 aromatic carbocycles. The summed E-state index contributed by atoms with van der Waals surface area (Å²) in [4.78, 5) is 25.4. The number of hydrogen-bond acceptors (Lipinski definition) is 6. The standard InChI is InChI=1S/C49H42N2O4/c50-34-38-10-18-40(19-11-38)42-22-26-44(27-23-42)48(52)54-46-30-14-36(15-31-46)8-6-4-2-1-3-5-7-9-37-16-32-47(33-17-37)55-49(53)45-28-24-43(25-29-45)41-20-12-39(35-51)13-21-41/h10-33H,1-9H2. The molecule has 0 aliphatic rings. The largest absolute Gasteiger partial charge is 0.423 e. The first-order chi connectivity index (χ1) is 27.0. The fourth-order valence-electron chi connectivity index (χ4n) is 6.39. The number of aryl methyl sites for hydroxylation is 2. The molecule has 0 spiro atoms. The maximum atomic E-state index is 12.7. The predicted molar refractivity (Wildman–Crippen MR) is 216 cm³/mol. The number of hydrogen-bond donors (Lipinski definition) is 0. The lowest BCUT2D eigenvalue weighted by Crippen LogP contribution is -2.08. The molecule has 0 amide bonds. The highest BCUT2D eigenvalue weighted by Gasteiger charge is 2.11. The average Bonchev–Trinajstić information content (AvgIpc) is 3.24. The van der Waals surface area contributed by atoms with Crippen LogP contribution < -0.4 is 9.47 Å². The quantitative estimate of drug-likeness (QED) is 0.0560. The third-order valence-electron chi connectivity index (χ3n) is 9.63. The van der Waals surface area contributed by atoms with Crippen LogP contribution in [-0.4, -0.2) is 11.9 Å². The van der Waals surface area contributed by atoms with Crippen molar-refractivity contribution >= 4 is 11.9 Å². The molecule has 6 heteroatoms. The van der Waals surface area contributed by atoms with Crippen LogP contribution in [0.3, 0.4) is 0 Å². The number of nitriles is 2. The van der Waals surface area contributed by atoms with Gasteiger partial charge >= 0.3 is 11.9 Å². The summed E-state index contributed by atoms with van der Waals surface area (Å²) < 4.78 is 11.2. The fraction of sp³-hybridized carbons (Fsp3) is 0.184. The van der Waals surface area contributed by atoms with E-state index < -0.39 is 11.9 Å². The van der Waals surface area contributed by atoms with Crippen molar-refractivity contribution in [3.63, 3.8) is 0 Å². The monoisotopic (exact) mass is 722 g/mol. The van der Waals surface area contributed by atoms with Crippen LogP contribution in [0.5, 0.6) is 11.5 Å². The summed E-state index contributed by atoms with van der Waals surface area (Å²) in [6.45, 7) is 0. The first-order valence-electron chi connectivity index (χ1n) is 18.8. The molecule has 0 unspecified atom stereocenters. The molecule has 0 aliphatic carbocycles. The molecule has 6 aromatic rings. The van der Waals surface area contributed by atoms with E-state index in [9.17, 15) is 9.59 Å². The summed E-state index contributed by atoms with van der Waals surface area (Å²) in [5.41, 5.74) is 8.56. The van der Waals surface area contributed by atoms with Crippen molar-refractivity contribution in [2.45, 2.75) is 57.8 Å². The molecule has 0 fully saturated rings. The number of nitrogens with zero attached hydrogens (tertiary/aromatic N) is 2. The van der Waals surface area contributed by atoms with Crippen LogP contribution in [0.2, 0.25) is 0 Å². The Balaban J connectivity index is 0.814. The molecule has 0 aliphatic heterocycles. The minimum atomic E-state index is -0.392. The number of unbranched alkanes of at least 4 members (excludes halogenated alkanes) is 6. The van der Waals surface area contributed by atoms with E-state index in [4.69, 9.17) is 20.0 Å². The van der Waals surface area contributed by atoms with E-state index in [1.54, 1.807) is 48.5 Å². The zero-order valence-corrected chi connectivity index (χ0v) is 30.7. The van der Waals surface area contributed by atoms with Crippen LogP contribution in [0, 0.1) is 22.7 Å². The van der Waals surface area contributed by atoms with Gasteiger partial charge in [-0.2, -0.15) is 10.5 Å². The van der Waals surface area contributed by atoms with Gasteiger partial charge < -0.3 is 9.47 Å². The summed E-state index contributed by atoms with van der Waals surface area (Å²) in [7, 11) is 0. The number of carbonyl (C=O) groups is 2. The third kappa shape index (κ3) is 11.1. The summed E-state index contributed by atoms with van der Waals surface area (Å²) in [6.07, 6.45) is 10.3. The molecular weight excluding hydrogens is 681 g/mol. The molecule has 0 saturated carbocycles. The van der Waals surface area contributed by atoms with Gasteiger partial charge in [0.15, 0.2) is 0 Å². The van der Waals surface area contributed by atoms with E-state index in [-0.39, 0.29) is 0 Å². The maximum Gasteiger partial charge on any atom is 0.343 e. The van der Waals surface area contributed by atoms with Crippen molar-refractivity contribution in [2.24, 2.45) is 0 Å². The minimum absolute atomic E-state index is 0.392. The second-order valence-corrected chi connectivity index (χ2v) is 13.6. The lowest BCUT2D eigenvalue weighted by atomic mass is 10.0. The summed E-state index contributed by atoms with van der Waals surface area (Å²) >= 11 is 0. The van der Waals surface area contributed by atoms with E-state index in [0.717, 1.165) is 47.9 Å². The van der Waals surface area contributed by atoms with E-state index in [2.05, 4.69) is 12.1 Å². The van der Waals surface area contributed by atoms with Crippen LogP contribution in [0.1, 0.15) is 87.9 Å². The predicted octanol–water partition coefficient (Wildman–Crippen LogP) is 11.7. The average molecular weight is 723 g/mol. The highest BCUT2D eigenvalue weighted by molar-refractivity contribution is 5.92. The Morgan fingerprint density at radius 1 is 0.382 bits per heavy atom. The molecule has 0 heterocycles. The van der Waals surface area contributed by atoms with E-state index in [0.29, 0.717) is 33.8 Å². The Bertz CT molecular complexity index is 2080. The Labute approximate surface area is 323 Å².